The van der Waals surface area contributed by atoms with Crippen LogP contribution < -0.4 is 0 Å². The van der Waals surface area contributed by atoms with Gasteiger partial charge in [0.05, 0.1) is 12.1 Å². The van der Waals surface area contributed by atoms with Crippen molar-refractivity contribution in [3.8, 4) is 0 Å². The topological polar surface area (TPSA) is 69.7 Å². The first-order chi connectivity index (χ1) is 11.8. The molecule has 5 heteroatoms. The lowest BCUT2D eigenvalue weighted by atomic mass is 9.95. The van der Waals surface area contributed by atoms with Crippen molar-refractivity contribution >= 4 is 5.97 Å². The molecule has 0 amide bonds. The number of unbranched alkanes of at least 4 members (excludes halogenated alkanes) is 8. The summed E-state index contributed by atoms with van der Waals surface area (Å²) in [6, 6.07) is 0. The molecule has 147 valence electrons. The van der Waals surface area contributed by atoms with E-state index in [0.29, 0.717) is 13.0 Å². The first-order valence-electron chi connectivity index (χ1n) is 10.2. The van der Waals surface area contributed by atoms with Gasteiger partial charge in [0.1, 0.15) is 5.72 Å². The van der Waals surface area contributed by atoms with Gasteiger partial charge in [0, 0.05) is 6.42 Å². The molecule has 0 bridgehead atoms. The summed E-state index contributed by atoms with van der Waals surface area (Å²) in [7, 11) is 0. The molecule has 1 saturated heterocycles. The zero-order valence-electron chi connectivity index (χ0n) is 16.5. The monoisotopic (exact) mass is 356 g/mol. The van der Waals surface area contributed by atoms with Crippen molar-refractivity contribution < 1.29 is 19.8 Å². The Morgan fingerprint density at radius 2 is 1.48 bits per heavy atom. The molecular weight excluding hydrogens is 318 g/mol. The third-order valence-electron chi connectivity index (χ3n) is 5.24. The summed E-state index contributed by atoms with van der Waals surface area (Å²) in [6.07, 6.45) is 12.7. The van der Waals surface area contributed by atoms with Gasteiger partial charge in [-0.05, 0) is 46.0 Å². The Morgan fingerprint density at radius 3 is 1.96 bits per heavy atom. The fraction of sp³-hybridized carbons (Fsp3) is 0.950. The van der Waals surface area contributed by atoms with E-state index in [0.717, 1.165) is 57.8 Å². The zero-order valence-corrected chi connectivity index (χ0v) is 16.5. The molecule has 0 aliphatic carbocycles. The van der Waals surface area contributed by atoms with E-state index in [1.807, 2.05) is 13.8 Å². The highest BCUT2D eigenvalue weighted by Crippen LogP contribution is 2.40. The van der Waals surface area contributed by atoms with Gasteiger partial charge in [-0.2, -0.15) is 0 Å². The molecule has 0 aromatic carbocycles. The molecule has 1 heterocycles. The molecule has 0 spiro atoms. The van der Waals surface area contributed by atoms with Gasteiger partial charge < -0.3 is 9.84 Å². The van der Waals surface area contributed by atoms with Crippen molar-refractivity contribution in [3.05, 3.63) is 0 Å². The Bertz CT molecular complexity index is 386. The van der Waals surface area contributed by atoms with Crippen LogP contribution in [0.3, 0.4) is 0 Å². The summed E-state index contributed by atoms with van der Waals surface area (Å²) in [5.41, 5.74) is -1.01. The Balaban J connectivity index is 2.18. The average molecular weight is 357 g/mol. The van der Waals surface area contributed by atoms with Crippen LogP contribution in [0.5, 0.6) is 0 Å². The highest BCUT2D eigenvalue weighted by atomic mass is 16.6. The predicted molar refractivity (Wildman–Crippen MR) is 98.6 cm³/mol. The molecule has 0 saturated carbocycles. The third-order valence-corrected chi connectivity index (χ3v) is 5.24. The second-order valence-electron chi connectivity index (χ2n) is 8.17. The molecule has 0 aromatic heterocycles. The van der Waals surface area contributed by atoms with Gasteiger partial charge in [-0.25, -0.2) is 0 Å². The van der Waals surface area contributed by atoms with Crippen molar-refractivity contribution in [3.63, 3.8) is 0 Å². The van der Waals surface area contributed by atoms with E-state index in [2.05, 4.69) is 6.92 Å². The Labute approximate surface area is 153 Å². The Hall–Kier alpha value is -0.650. The maximum absolute atomic E-state index is 12.7. The lowest BCUT2D eigenvalue weighted by Gasteiger charge is -2.35. The minimum atomic E-state index is -0.693. The highest BCUT2D eigenvalue weighted by Gasteiger charge is 2.51. The van der Waals surface area contributed by atoms with Crippen LogP contribution in [0.2, 0.25) is 0 Å². The molecule has 1 rings (SSSR count). The van der Waals surface area contributed by atoms with Crippen molar-refractivity contribution in [1.29, 1.82) is 0 Å². The van der Waals surface area contributed by atoms with Gasteiger partial charge in [-0.15, -0.1) is 10.3 Å². The number of hydrogen-bond donors (Lipinski definition) is 1. The number of hydroxylamine groups is 2. The first kappa shape index (κ1) is 22.4. The van der Waals surface area contributed by atoms with Crippen molar-refractivity contribution in [2.24, 2.45) is 0 Å². The molecule has 0 aromatic rings. The van der Waals surface area contributed by atoms with E-state index in [4.69, 9.17) is 9.84 Å². The van der Waals surface area contributed by atoms with Crippen molar-refractivity contribution in [1.82, 2.24) is 5.06 Å². The fourth-order valence-electron chi connectivity index (χ4n) is 3.64. The minimum absolute atomic E-state index is 0.294. The molecule has 25 heavy (non-hydrogen) atoms. The molecule has 1 atom stereocenters. The normalized spacial score (nSPS) is 23.2. The molecule has 1 N–H and O–H groups in total. The Morgan fingerprint density at radius 1 is 0.960 bits per heavy atom. The lowest BCUT2D eigenvalue weighted by molar-refractivity contribution is -0.296. The number of aliphatic carboxylic acids is 1. The minimum Gasteiger partial charge on any atom is -0.481 e. The molecule has 1 fully saturated rings. The SMILES string of the molecule is CCCCC1(CCCCCCCCCCC(=O)O)OCC(C)(C)N1[O]. The van der Waals surface area contributed by atoms with Crippen LogP contribution in [0.25, 0.3) is 0 Å². The molecular formula is C20H38NO4. The highest BCUT2D eigenvalue weighted by molar-refractivity contribution is 5.66. The van der Waals surface area contributed by atoms with Crippen LogP contribution in [0.4, 0.5) is 0 Å². The third kappa shape index (κ3) is 7.63. The van der Waals surface area contributed by atoms with Gasteiger partial charge in [-0.1, -0.05) is 51.9 Å². The van der Waals surface area contributed by atoms with Crippen LogP contribution in [0.1, 0.15) is 104 Å². The van der Waals surface area contributed by atoms with E-state index >= 15 is 0 Å². The number of carbonyl (C=O) groups is 1. The van der Waals surface area contributed by atoms with Crippen LogP contribution in [-0.2, 0) is 14.7 Å². The number of hydrogen-bond acceptors (Lipinski definition) is 3. The van der Waals surface area contributed by atoms with Crippen LogP contribution in [-0.4, -0.2) is 34.0 Å². The number of carboxylic acid groups (broad SMARTS) is 1. The van der Waals surface area contributed by atoms with Crippen molar-refractivity contribution in [2.45, 2.75) is 116 Å². The number of rotatable bonds is 14. The van der Waals surface area contributed by atoms with Gasteiger partial charge in [0.25, 0.3) is 0 Å². The fourth-order valence-corrected chi connectivity index (χ4v) is 3.64. The van der Waals surface area contributed by atoms with Crippen molar-refractivity contribution in [2.75, 3.05) is 6.61 Å². The molecule has 1 radical (unpaired) electrons. The van der Waals surface area contributed by atoms with E-state index in [9.17, 15) is 10.0 Å². The standard InChI is InChI=1S/C20H38NO4/c1-4-5-15-20(21(24)19(2,3)17-25-20)16-13-11-9-7-6-8-10-12-14-18(22)23/h4-17H2,1-3H3,(H,22,23). The number of carboxylic acids is 1. The molecule has 1 aliphatic heterocycles. The lowest BCUT2D eigenvalue weighted by Crippen LogP contribution is -2.49. The molecule has 5 nitrogen and oxygen atoms in total. The maximum atomic E-state index is 12.7. The van der Waals surface area contributed by atoms with Gasteiger partial charge in [0.2, 0.25) is 0 Å². The van der Waals surface area contributed by atoms with E-state index in [1.165, 1.54) is 24.3 Å². The van der Waals surface area contributed by atoms with Crippen LogP contribution in [0, 0.1) is 0 Å². The first-order valence-corrected chi connectivity index (χ1v) is 10.2. The average Bonchev–Trinajstić information content (AvgIpc) is 2.79. The number of nitrogens with zero attached hydrogens (tertiary/aromatic N) is 1. The van der Waals surface area contributed by atoms with Gasteiger partial charge in [-0.3, -0.25) is 4.79 Å². The van der Waals surface area contributed by atoms with Crippen LogP contribution in [0.15, 0.2) is 0 Å². The summed E-state index contributed by atoms with van der Waals surface area (Å²) in [4.78, 5) is 10.4. The Kier molecular flexibility index (Phi) is 9.98. The van der Waals surface area contributed by atoms with E-state index in [1.54, 1.807) is 0 Å². The van der Waals surface area contributed by atoms with Crippen LogP contribution >= 0.6 is 0 Å². The summed E-state index contributed by atoms with van der Waals surface area (Å²) < 4.78 is 6.03. The smallest absolute Gasteiger partial charge is 0.303 e. The maximum Gasteiger partial charge on any atom is 0.303 e. The van der Waals surface area contributed by atoms with Gasteiger partial charge >= 0.3 is 5.97 Å². The molecule has 1 unspecified atom stereocenters. The second-order valence-corrected chi connectivity index (χ2v) is 8.17. The second kappa shape index (κ2) is 11.1. The quantitative estimate of drug-likeness (QED) is 0.428. The zero-order chi connectivity index (χ0) is 18.8. The molecule has 1 aliphatic rings. The van der Waals surface area contributed by atoms with E-state index in [-0.39, 0.29) is 0 Å². The summed E-state index contributed by atoms with van der Waals surface area (Å²) in [5.74, 6) is -0.693. The largest absolute Gasteiger partial charge is 0.481 e. The predicted octanol–water partition coefficient (Wildman–Crippen LogP) is 5.31. The summed E-state index contributed by atoms with van der Waals surface area (Å²) in [6.45, 7) is 6.62. The number of ether oxygens (including phenoxy) is 1. The van der Waals surface area contributed by atoms with Gasteiger partial charge in [0.15, 0.2) is 0 Å². The summed E-state index contributed by atoms with van der Waals surface area (Å²) in [5, 5.41) is 22.5. The summed E-state index contributed by atoms with van der Waals surface area (Å²) >= 11 is 0. The van der Waals surface area contributed by atoms with E-state index < -0.39 is 17.2 Å².